The van der Waals surface area contributed by atoms with Crippen LogP contribution in [-0.4, -0.2) is 55.6 Å². The molecule has 1 aromatic rings. The number of rotatable bonds is 7. The number of aryl methyl sites for hydroxylation is 1. The molecule has 112 valence electrons. The molecule has 20 heavy (non-hydrogen) atoms. The van der Waals surface area contributed by atoms with Gasteiger partial charge in [-0.1, -0.05) is 0 Å². The Bertz CT molecular complexity index is 484. The summed E-state index contributed by atoms with van der Waals surface area (Å²) in [6.07, 6.45) is 0. The second-order valence-corrected chi connectivity index (χ2v) is 4.11. The Morgan fingerprint density at radius 3 is 2.25 bits per heavy atom. The van der Waals surface area contributed by atoms with Gasteiger partial charge in [-0.15, -0.1) is 0 Å². The molecule has 1 aromatic heterocycles. The van der Waals surface area contributed by atoms with Gasteiger partial charge in [-0.25, -0.2) is 10.8 Å². The van der Waals surface area contributed by atoms with E-state index >= 15 is 0 Å². The van der Waals surface area contributed by atoms with Gasteiger partial charge in [0.25, 0.3) is 0 Å². The predicted molar refractivity (Wildman–Crippen MR) is 68.8 cm³/mol. The van der Waals surface area contributed by atoms with Gasteiger partial charge in [-0.2, -0.15) is 4.98 Å². The van der Waals surface area contributed by atoms with Crippen LogP contribution in [0.25, 0.3) is 0 Å². The number of nitrogens with two attached hydrogens (primary N) is 1. The van der Waals surface area contributed by atoms with Crippen molar-refractivity contribution in [3.63, 3.8) is 0 Å². The summed E-state index contributed by atoms with van der Waals surface area (Å²) in [5.74, 6) is 4.80. The lowest BCUT2D eigenvalue weighted by Gasteiger charge is -2.29. The zero-order valence-corrected chi connectivity index (χ0v) is 10.7. The first-order valence-electron chi connectivity index (χ1n) is 5.53. The maximum atomic E-state index is 11.0. The lowest BCUT2D eigenvalue weighted by molar-refractivity contribution is -0.385. The molecule has 0 unspecified atom stereocenters. The Morgan fingerprint density at radius 2 is 1.85 bits per heavy atom. The number of hydrazine groups is 1. The fraction of sp³-hybridized carbons (Fsp3) is 0.556. The molecule has 0 amide bonds. The van der Waals surface area contributed by atoms with E-state index in [1.54, 1.807) is 0 Å². The van der Waals surface area contributed by atoms with Crippen molar-refractivity contribution in [1.29, 1.82) is 0 Å². The highest BCUT2D eigenvalue weighted by atomic mass is 16.6. The molecular formula is C9H16N6O5. The second-order valence-electron chi connectivity index (χ2n) is 4.11. The lowest BCUT2D eigenvalue weighted by atomic mass is 10.0. The molecule has 0 aliphatic rings. The van der Waals surface area contributed by atoms with Gasteiger partial charge >= 0.3 is 5.69 Å². The van der Waals surface area contributed by atoms with Gasteiger partial charge in [0.05, 0.1) is 24.7 Å². The van der Waals surface area contributed by atoms with E-state index in [1.165, 1.54) is 6.92 Å². The van der Waals surface area contributed by atoms with Gasteiger partial charge in [0.2, 0.25) is 11.8 Å². The number of aliphatic hydroxyl groups is 3. The average Bonchev–Trinajstić information content (AvgIpc) is 2.43. The van der Waals surface area contributed by atoms with Crippen molar-refractivity contribution < 1.29 is 20.2 Å². The van der Waals surface area contributed by atoms with E-state index in [-0.39, 0.29) is 17.5 Å². The van der Waals surface area contributed by atoms with Crippen LogP contribution in [0.5, 0.6) is 0 Å². The summed E-state index contributed by atoms with van der Waals surface area (Å²) < 4.78 is 0. The molecule has 7 N–H and O–H groups in total. The monoisotopic (exact) mass is 288 g/mol. The first-order valence-corrected chi connectivity index (χ1v) is 5.53. The third-order valence-electron chi connectivity index (χ3n) is 2.66. The topological polar surface area (TPSA) is 180 Å². The Balaban J connectivity index is 3.34. The average molecular weight is 288 g/mol. The van der Waals surface area contributed by atoms with Crippen molar-refractivity contribution >= 4 is 17.5 Å². The summed E-state index contributed by atoms with van der Waals surface area (Å²) in [6, 6.07) is 0. The summed E-state index contributed by atoms with van der Waals surface area (Å²) in [6.45, 7) is -0.604. The summed E-state index contributed by atoms with van der Waals surface area (Å²) in [5.41, 5.74) is 0.173. The Labute approximate surface area is 113 Å². The molecule has 1 rings (SSSR count). The minimum atomic E-state index is -1.56. The van der Waals surface area contributed by atoms with Crippen LogP contribution < -0.4 is 16.6 Å². The smallest absolute Gasteiger partial charge is 0.332 e. The Kier molecular flexibility index (Phi) is 5.10. The van der Waals surface area contributed by atoms with Crippen LogP contribution in [-0.2, 0) is 0 Å². The molecule has 1 heterocycles. The van der Waals surface area contributed by atoms with Crippen molar-refractivity contribution in [3.8, 4) is 0 Å². The van der Waals surface area contributed by atoms with Crippen LogP contribution in [0.15, 0.2) is 0 Å². The van der Waals surface area contributed by atoms with Crippen LogP contribution in [0.3, 0.4) is 0 Å². The van der Waals surface area contributed by atoms with E-state index in [0.717, 1.165) is 0 Å². The molecule has 0 aliphatic heterocycles. The van der Waals surface area contributed by atoms with Crippen molar-refractivity contribution in [3.05, 3.63) is 15.8 Å². The molecule has 0 aliphatic carbocycles. The van der Waals surface area contributed by atoms with Gasteiger partial charge < -0.3 is 20.6 Å². The van der Waals surface area contributed by atoms with Crippen LogP contribution in [0, 0.1) is 17.0 Å². The lowest BCUT2D eigenvalue weighted by Crippen LogP contribution is -2.49. The standard InChI is InChI=1S/C9H16N6O5/c1-5-6(15(19)20)7(12-8(11-5)14-10)13-9(2-16,3-17)4-18/h16-18H,2-4,10H2,1H3,(H2,11,12,13,14). The van der Waals surface area contributed by atoms with E-state index in [0.29, 0.717) is 0 Å². The summed E-state index contributed by atoms with van der Waals surface area (Å²) in [5, 5.41) is 41.2. The van der Waals surface area contributed by atoms with Gasteiger partial charge in [0.1, 0.15) is 11.2 Å². The Hall–Kier alpha value is -2.08. The van der Waals surface area contributed by atoms with Gasteiger partial charge in [0, 0.05) is 0 Å². The van der Waals surface area contributed by atoms with Gasteiger partial charge in [-0.3, -0.25) is 15.5 Å². The zero-order chi connectivity index (χ0) is 15.3. The van der Waals surface area contributed by atoms with E-state index in [9.17, 15) is 25.4 Å². The number of aliphatic hydroxyl groups excluding tert-OH is 3. The van der Waals surface area contributed by atoms with Gasteiger partial charge in [-0.05, 0) is 6.92 Å². The SMILES string of the molecule is Cc1nc(NN)nc(NC(CO)(CO)CO)c1[N+](=O)[O-]. The Morgan fingerprint density at radius 1 is 1.30 bits per heavy atom. The van der Waals surface area contributed by atoms with Crippen molar-refractivity contribution in [2.45, 2.75) is 12.5 Å². The molecule has 11 nitrogen and oxygen atoms in total. The quantitative estimate of drug-likeness (QED) is 0.188. The third kappa shape index (κ3) is 3.08. The summed E-state index contributed by atoms with van der Waals surface area (Å²) in [4.78, 5) is 17.9. The van der Waals surface area contributed by atoms with Crippen molar-refractivity contribution in [2.24, 2.45) is 5.84 Å². The number of nitrogens with zero attached hydrogens (tertiary/aromatic N) is 3. The number of anilines is 2. The van der Waals surface area contributed by atoms with E-state index in [4.69, 9.17) is 5.84 Å². The highest BCUT2D eigenvalue weighted by Gasteiger charge is 2.33. The van der Waals surface area contributed by atoms with Crippen molar-refractivity contribution in [1.82, 2.24) is 9.97 Å². The van der Waals surface area contributed by atoms with Crippen LogP contribution >= 0.6 is 0 Å². The molecule has 0 bridgehead atoms. The van der Waals surface area contributed by atoms with Gasteiger partial charge in [0.15, 0.2) is 0 Å². The maximum Gasteiger partial charge on any atom is 0.332 e. The zero-order valence-electron chi connectivity index (χ0n) is 10.7. The minimum absolute atomic E-state index is 0.0307. The minimum Gasteiger partial charge on any atom is -0.394 e. The fourth-order valence-corrected chi connectivity index (χ4v) is 1.46. The highest BCUT2D eigenvalue weighted by Crippen LogP contribution is 2.28. The molecule has 0 fully saturated rings. The highest BCUT2D eigenvalue weighted by molar-refractivity contribution is 5.62. The first-order chi connectivity index (χ1) is 9.42. The van der Waals surface area contributed by atoms with E-state index < -0.39 is 36.0 Å². The number of aromatic nitrogens is 2. The number of nitrogen functional groups attached to an aromatic ring is 1. The largest absolute Gasteiger partial charge is 0.394 e. The predicted octanol–water partition coefficient (Wildman–Crippen LogP) is -1.89. The van der Waals surface area contributed by atoms with Crippen molar-refractivity contribution in [2.75, 3.05) is 30.6 Å². The second kappa shape index (κ2) is 6.38. The number of hydrogen-bond donors (Lipinski definition) is 6. The molecular weight excluding hydrogens is 272 g/mol. The number of nitrogens with one attached hydrogen (secondary N) is 2. The molecule has 0 saturated heterocycles. The molecule has 0 saturated carbocycles. The molecule has 0 radical (unpaired) electrons. The van der Waals surface area contributed by atoms with E-state index in [1.807, 2.05) is 0 Å². The van der Waals surface area contributed by atoms with Crippen LogP contribution in [0.2, 0.25) is 0 Å². The third-order valence-corrected chi connectivity index (χ3v) is 2.66. The number of hydrogen-bond acceptors (Lipinski definition) is 10. The van der Waals surface area contributed by atoms with Crippen LogP contribution in [0.1, 0.15) is 5.69 Å². The molecule has 0 atom stereocenters. The molecule has 0 aromatic carbocycles. The first kappa shape index (κ1) is 16.0. The molecule has 11 heteroatoms. The maximum absolute atomic E-state index is 11.0. The fourth-order valence-electron chi connectivity index (χ4n) is 1.46. The number of nitro groups is 1. The summed E-state index contributed by atoms with van der Waals surface area (Å²) >= 11 is 0. The normalized spacial score (nSPS) is 11.2. The van der Waals surface area contributed by atoms with Crippen LogP contribution in [0.4, 0.5) is 17.5 Å². The summed E-state index contributed by atoms with van der Waals surface area (Å²) in [7, 11) is 0. The van der Waals surface area contributed by atoms with E-state index in [2.05, 4.69) is 20.7 Å². The molecule has 0 spiro atoms.